The molecule has 0 saturated carbocycles. The highest BCUT2D eigenvalue weighted by atomic mass is 19.1. The van der Waals surface area contributed by atoms with Gasteiger partial charge in [-0.15, -0.1) is 0 Å². The molecule has 1 atom stereocenters. The second-order valence-corrected chi connectivity index (χ2v) is 3.12. The van der Waals surface area contributed by atoms with E-state index in [1.165, 1.54) is 13.0 Å². The monoisotopic (exact) mass is 197 g/mol. The standard InChI is InChI=1S/C10H12FNO2/c1-6-8(11)4-3-5-9(6)12-7(2)10(13)14/h3-5,7,12H,1-2H3,(H,13,14). The number of anilines is 1. The average Bonchev–Trinajstić information content (AvgIpc) is 2.12. The molecule has 0 spiro atoms. The number of benzene rings is 1. The van der Waals surface area contributed by atoms with Gasteiger partial charge in [0, 0.05) is 11.3 Å². The van der Waals surface area contributed by atoms with E-state index in [1.54, 1.807) is 19.1 Å². The Labute approximate surface area is 81.6 Å². The minimum absolute atomic E-state index is 0.340. The molecule has 0 aliphatic heterocycles. The van der Waals surface area contributed by atoms with Gasteiger partial charge in [0.2, 0.25) is 0 Å². The van der Waals surface area contributed by atoms with Crippen molar-refractivity contribution in [3.63, 3.8) is 0 Å². The van der Waals surface area contributed by atoms with Gasteiger partial charge in [0.25, 0.3) is 0 Å². The molecule has 1 rings (SSSR count). The molecule has 0 saturated heterocycles. The molecule has 1 unspecified atom stereocenters. The molecular weight excluding hydrogens is 185 g/mol. The summed E-state index contributed by atoms with van der Waals surface area (Å²) in [6.45, 7) is 3.11. The van der Waals surface area contributed by atoms with Crippen LogP contribution in [0.2, 0.25) is 0 Å². The van der Waals surface area contributed by atoms with Gasteiger partial charge in [0.1, 0.15) is 11.9 Å². The molecule has 0 bridgehead atoms. The first-order valence-electron chi connectivity index (χ1n) is 4.27. The van der Waals surface area contributed by atoms with Gasteiger partial charge >= 0.3 is 5.97 Å². The number of halogens is 1. The van der Waals surface area contributed by atoms with Gasteiger partial charge in [-0.2, -0.15) is 0 Å². The molecular formula is C10H12FNO2. The quantitative estimate of drug-likeness (QED) is 0.779. The van der Waals surface area contributed by atoms with Crippen LogP contribution in [0.15, 0.2) is 18.2 Å². The molecule has 0 fully saturated rings. The third-order valence-electron chi connectivity index (χ3n) is 2.01. The Morgan fingerprint density at radius 2 is 2.21 bits per heavy atom. The molecule has 0 aromatic heterocycles. The number of hydrogen-bond donors (Lipinski definition) is 2. The first kappa shape index (κ1) is 10.5. The SMILES string of the molecule is Cc1c(F)cccc1NC(C)C(=O)O. The average molecular weight is 197 g/mol. The fourth-order valence-corrected chi connectivity index (χ4v) is 1.06. The maximum Gasteiger partial charge on any atom is 0.325 e. The molecule has 0 amide bonds. The molecule has 1 aromatic rings. The van der Waals surface area contributed by atoms with Crippen molar-refractivity contribution < 1.29 is 14.3 Å². The summed E-state index contributed by atoms with van der Waals surface area (Å²) in [6.07, 6.45) is 0. The zero-order valence-corrected chi connectivity index (χ0v) is 8.04. The zero-order valence-electron chi connectivity index (χ0n) is 8.04. The number of aliphatic carboxylic acids is 1. The summed E-state index contributed by atoms with van der Waals surface area (Å²) < 4.78 is 13.0. The van der Waals surface area contributed by atoms with Crippen molar-refractivity contribution in [3.05, 3.63) is 29.6 Å². The molecule has 0 aliphatic carbocycles. The molecule has 4 heteroatoms. The van der Waals surface area contributed by atoms with Crippen molar-refractivity contribution in [1.82, 2.24) is 0 Å². The van der Waals surface area contributed by atoms with E-state index in [0.29, 0.717) is 11.3 Å². The molecule has 76 valence electrons. The van der Waals surface area contributed by atoms with E-state index in [-0.39, 0.29) is 5.82 Å². The van der Waals surface area contributed by atoms with E-state index in [2.05, 4.69) is 5.32 Å². The lowest BCUT2D eigenvalue weighted by atomic mass is 10.1. The lowest BCUT2D eigenvalue weighted by Crippen LogP contribution is -2.25. The fourth-order valence-electron chi connectivity index (χ4n) is 1.06. The van der Waals surface area contributed by atoms with Crippen LogP contribution in [0.25, 0.3) is 0 Å². The highest BCUT2D eigenvalue weighted by Gasteiger charge is 2.12. The number of carbonyl (C=O) groups is 1. The predicted molar refractivity (Wildman–Crippen MR) is 51.9 cm³/mol. The summed E-state index contributed by atoms with van der Waals surface area (Å²) in [4.78, 5) is 10.5. The van der Waals surface area contributed by atoms with Gasteiger partial charge in [-0.1, -0.05) is 6.07 Å². The van der Waals surface area contributed by atoms with Crippen LogP contribution in [0.5, 0.6) is 0 Å². The van der Waals surface area contributed by atoms with Crippen LogP contribution < -0.4 is 5.32 Å². The van der Waals surface area contributed by atoms with Crippen LogP contribution in [0, 0.1) is 12.7 Å². The van der Waals surface area contributed by atoms with E-state index in [0.717, 1.165) is 0 Å². The van der Waals surface area contributed by atoms with Crippen LogP contribution in [-0.4, -0.2) is 17.1 Å². The Bertz CT molecular complexity index is 352. The summed E-state index contributed by atoms with van der Waals surface area (Å²) >= 11 is 0. The summed E-state index contributed by atoms with van der Waals surface area (Å²) in [7, 11) is 0. The second-order valence-electron chi connectivity index (χ2n) is 3.12. The summed E-state index contributed by atoms with van der Waals surface area (Å²) in [5.74, 6) is -1.30. The first-order valence-corrected chi connectivity index (χ1v) is 4.27. The minimum Gasteiger partial charge on any atom is -0.480 e. The van der Waals surface area contributed by atoms with Crippen molar-refractivity contribution in [2.75, 3.05) is 5.32 Å². The van der Waals surface area contributed by atoms with Gasteiger partial charge in [-0.25, -0.2) is 4.39 Å². The molecule has 0 aliphatic rings. The minimum atomic E-state index is -0.964. The van der Waals surface area contributed by atoms with E-state index in [4.69, 9.17) is 5.11 Å². The Hall–Kier alpha value is -1.58. The van der Waals surface area contributed by atoms with Crippen LogP contribution in [0.4, 0.5) is 10.1 Å². The van der Waals surface area contributed by atoms with E-state index < -0.39 is 12.0 Å². The Morgan fingerprint density at radius 1 is 1.57 bits per heavy atom. The van der Waals surface area contributed by atoms with Crippen molar-refractivity contribution in [3.8, 4) is 0 Å². The normalized spacial score (nSPS) is 12.2. The smallest absolute Gasteiger partial charge is 0.325 e. The number of hydrogen-bond acceptors (Lipinski definition) is 2. The molecule has 3 nitrogen and oxygen atoms in total. The maximum atomic E-state index is 13.0. The lowest BCUT2D eigenvalue weighted by Gasteiger charge is -2.13. The van der Waals surface area contributed by atoms with E-state index in [9.17, 15) is 9.18 Å². The lowest BCUT2D eigenvalue weighted by molar-refractivity contribution is -0.137. The fraction of sp³-hybridized carbons (Fsp3) is 0.300. The summed E-state index contributed by atoms with van der Waals surface area (Å²) in [6, 6.07) is 3.80. The zero-order chi connectivity index (χ0) is 10.7. The number of rotatable bonds is 3. The van der Waals surface area contributed by atoms with Crippen molar-refractivity contribution in [1.29, 1.82) is 0 Å². The Kier molecular flexibility index (Phi) is 3.06. The van der Waals surface area contributed by atoms with Crippen LogP contribution in [0.1, 0.15) is 12.5 Å². The molecule has 0 radical (unpaired) electrons. The first-order chi connectivity index (χ1) is 6.52. The van der Waals surface area contributed by atoms with Crippen molar-refractivity contribution in [2.24, 2.45) is 0 Å². The van der Waals surface area contributed by atoms with Crippen molar-refractivity contribution in [2.45, 2.75) is 19.9 Å². The Balaban J connectivity index is 2.87. The molecule has 14 heavy (non-hydrogen) atoms. The summed E-state index contributed by atoms with van der Waals surface area (Å²) in [5.41, 5.74) is 0.945. The van der Waals surface area contributed by atoms with Crippen LogP contribution in [0.3, 0.4) is 0 Å². The second kappa shape index (κ2) is 4.09. The number of nitrogens with one attached hydrogen (secondary N) is 1. The molecule has 1 aromatic carbocycles. The summed E-state index contributed by atoms with van der Waals surface area (Å²) in [5, 5.41) is 11.4. The van der Waals surface area contributed by atoms with Crippen LogP contribution >= 0.6 is 0 Å². The van der Waals surface area contributed by atoms with Gasteiger partial charge in [0.15, 0.2) is 0 Å². The third kappa shape index (κ3) is 2.22. The highest BCUT2D eigenvalue weighted by Crippen LogP contribution is 2.18. The van der Waals surface area contributed by atoms with Gasteiger partial charge in [-0.05, 0) is 26.0 Å². The van der Waals surface area contributed by atoms with Gasteiger partial charge in [0.05, 0.1) is 0 Å². The van der Waals surface area contributed by atoms with Crippen molar-refractivity contribution >= 4 is 11.7 Å². The van der Waals surface area contributed by atoms with E-state index >= 15 is 0 Å². The predicted octanol–water partition coefficient (Wildman–Crippen LogP) is 2.02. The Morgan fingerprint density at radius 3 is 2.79 bits per heavy atom. The largest absolute Gasteiger partial charge is 0.480 e. The topological polar surface area (TPSA) is 49.3 Å². The van der Waals surface area contributed by atoms with Crippen LogP contribution in [-0.2, 0) is 4.79 Å². The van der Waals surface area contributed by atoms with Gasteiger partial charge < -0.3 is 10.4 Å². The van der Waals surface area contributed by atoms with Gasteiger partial charge in [-0.3, -0.25) is 4.79 Å². The highest BCUT2D eigenvalue weighted by molar-refractivity contribution is 5.77. The number of carboxylic acid groups (broad SMARTS) is 1. The molecule has 0 heterocycles. The number of carboxylic acids is 1. The third-order valence-corrected chi connectivity index (χ3v) is 2.01. The molecule has 2 N–H and O–H groups in total. The maximum absolute atomic E-state index is 13.0. The van der Waals surface area contributed by atoms with E-state index in [1.807, 2.05) is 0 Å².